The quantitative estimate of drug-likeness (QED) is 0.763. The number of nitrogens with zero attached hydrogens (tertiary/aromatic N) is 2. The number of carbonyl (C=O) groups is 1. The molecule has 2 N–H and O–H groups in total. The number of halogens is 1. The van der Waals surface area contributed by atoms with Crippen molar-refractivity contribution < 1.29 is 9.18 Å². The van der Waals surface area contributed by atoms with Crippen LogP contribution in [0.25, 0.3) is 10.9 Å². The Morgan fingerprint density at radius 1 is 1.30 bits per heavy atom. The van der Waals surface area contributed by atoms with E-state index < -0.39 is 5.82 Å². The molecule has 3 aromatic rings. The Hall–Kier alpha value is -2.76. The van der Waals surface area contributed by atoms with Crippen molar-refractivity contribution in [2.75, 3.05) is 0 Å². The van der Waals surface area contributed by atoms with Crippen molar-refractivity contribution in [2.45, 2.75) is 25.3 Å². The number of amides is 1. The first-order valence-electron chi connectivity index (χ1n) is 7.58. The molecule has 2 heterocycles. The summed E-state index contributed by atoms with van der Waals surface area (Å²) in [5.41, 5.74) is 2.74. The summed E-state index contributed by atoms with van der Waals surface area (Å²) in [5.74, 6) is -0.690. The fourth-order valence-corrected chi connectivity index (χ4v) is 3.04. The predicted octanol–water partition coefficient (Wildman–Crippen LogP) is 2.38. The van der Waals surface area contributed by atoms with Gasteiger partial charge in [0.15, 0.2) is 0 Å². The maximum absolute atomic E-state index is 13.8. The molecule has 1 amide bonds. The standard InChI is InChI=1S/C17H15FN4O/c18-13-3-1-2-10-4-6-15(21-16(10)13)17(23)20-12-5-7-14-11(8-12)9-19-22-14/h1-4,6,9,12H,5,7-8H2,(H,19,22)(H,20,23)/t12-/m1/s1. The third kappa shape index (κ3) is 2.56. The number of fused-ring (bicyclic) bond motifs is 2. The highest BCUT2D eigenvalue weighted by molar-refractivity contribution is 5.95. The number of aryl methyl sites for hydroxylation is 1. The zero-order valence-corrected chi connectivity index (χ0v) is 12.3. The highest BCUT2D eigenvalue weighted by atomic mass is 19.1. The Morgan fingerprint density at radius 2 is 2.22 bits per heavy atom. The van der Waals surface area contributed by atoms with E-state index in [1.807, 2.05) is 0 Å². The van der Waals surface area contributed by atoms with Gasteiger partial charge in [-0.25, -0.2) is 9.37 Å². The predicted molar refractivity (Wildman–Crippen MR) is 83.6 cm³/mol. The largest absolute Gasteiger partial charge is 0.348 e. The fourth-order valence-electron chi connectivity index (χ4n) is 3.04. The summed E-state index contributed by atoms with van der Waals surface area (Å²) < 4.78 is 13.8. The number of para-hydroxylation sites is 1. The van der Waals surface area contributed by atoms with Gasteiger partial charge in [-0.1, -0.05) is 18.2 Å². The number of pyridine rings is 1. The summed E-state index contributed by atoms with van der Waals surface area (Å²) in [7, 11) is 0. The number of aromatic amines is 1. The molecule has 5 nitrogen and oxygen atoms in total. The Balaban J connectivity index is 1.54. The molecular formula is C17H15FN4O. The van der Waals surface area contributed by atoms with Gasteiger partial charge in [0.05, 0.1) is 6.20 Å². The third-order valence-electron chi connectivity index (χ3n) is 4.26. The normalized spacial score (nSPS) is 17.0. The molecular weight excluding hydrogens is 295 g/mol. The van der Waals surface area contributed by atoms with Gasteiger partial charge in [0.2, 0.25) is 0 Å². The average Bonchev–Trinajstić information content (AvgIpc) is 3.02. The van der Waals surface area contributed by atoms with Gasteiger partial charge >= 0.3 is 0 Å². The van der Waals surface area contributed by atoms with Crippen LogP contribution in [-0.2, 0) is 12.8 Å². The lowest BCUT2D eigenvalue weighted by atomic mass is 9.93. The van der Waals surface area contributed by atoms with Crippen molar-refractivity contribution in [1.29, 1.82) is 0 Å². The van der Waals surface area contributed by atoms with E-state index in [1.54, 1.807) is 30.5 Å². The van der Waals surface area contributed by atoms with Gasteiger partial charge in [0.25, 0.3) is 5.91 Å². The van der Waals surface area contributed by atoms with Crippen LogP contribution in [0.4, 0.5) is 4.39 Å². The molecule has 0 fully saturated rings. The highest BCUT2D eigenvalue weighted by Crippen LogP contribution is 2.20. The van der Waals surface area contributed by atoms with E-state index in [1.165, 1.54) is 6.07 Å². The van der Waals surface area contributed by atoms with E-state index in [-0.39, 0.29) is 23.2 Å². The van der Waals surface area contributed by atoms with E-state index in [2.05, 4.69) is 20.5 Å². The molecule has 0 aliphatic heterocycles. The van der Waals surface area contributed by atoms with E-state index in [0.29, 0.717) is 5.39 Å². The molecule has 4 rings (SSSR count). The first-order valence-corrected chi connectivity index (χ1v) is 7.58. The molecule has 1 aliphatic rings. The van der Waals surface area contributed by atoms with Crippen molar-refractivity contribution in [1.82, 2.24) is 20.5 Å². The summed E-state index contributed by atoms with van der Waals surface area (Å²) >= 11 is 0. The van der Waals surface area contributed by atoms with Gasteiger partial charge < -0.3 is 5.32 Å². The van der Waals surface area contributed by atoms with Gasteiger partial charge in [-0.3, -0.25) is 9.89 Å². The molecule has 0 saturated heterocycles. The molecule has 116 valence electrons. The Morgan fingerprint density at radius 3 is 3.13 bits per heavy atom. The van der Waals surface area contributed by atoms with Crippen LogP contribution in [0.2, 0.25) is 0 Å². The molecule has 0 saturated carbocycles. The molecule has 0 bridgehead atoms. The lowest BCUT2D eigenvalue weighted by Gasteiger charge is -2.22. The second kappa shape index (κ2) is 5.46. The van der Waals surface area contributed by atoms with Crippen LogP contribution >= 0.6 is 0 Å². The Bertz CT molecular complexity index is 889. The van der Waals surface area contributed by atoms with Gasteiger partial charge in [-0.05, 0) is 37.0 Å². The molecule has 0 spiro atoms. The van der Waals surface area contributed by atoms with Crippen LogP contribution in [0.5, 0.6) is 0 Å². The summed E-state index contributed by atoms with van der Waals surface area (Å²) in [6.45, 7) is 0. The first-order chi connectivity index (χ1) is 11.2. The number of H-pyrrole nitrogens is 1. The van der Waals surface area contributed by atoms with Gasteiger partial charge in [0.1, 0.15) is 17.0 Å². The van der Waals surface area contributed by atoms with E-state index in [9.17, 15) is 9.18 Å². The van der Waals surface area contributed by atoms with Crippen molar-refractivity contribution in [3.05, 3.63) is 59.3 Å². The van der Waals surface area contributed by atoms with Crippen molar-refractivity contribution >= 4 is 16.8 Å². The minimum atomic E-state index is -0.419. The number of hydrogen-bond donors (Lipinski definition) is 2. The Kier molecular flexibility index (Phi) is 3.29. The summed E-state index contributed by atoms with van der Waals surface area (Å²) in [5, 5.41) is 10.7. The van der Waals surface area contributed by atoms with E-state index in [0.717, 1.165) is 30.5 Å². The zero-order chi connectivity index (χ0) is 15.8. The molecule has 0 radical (unpaired) electrons. The second-order valence-corrected chi connectivity index (χ2v) is 5.80. The lowest BCUT2D eigenvalue weighted by molar-refractivity contribution is 0.0929. The topological polar surface area (TPSA) is 70.7 Å². The zero-order valence-electron chi connectivity index (χ0n) is 12.3. The maximum Gasteiger partial charge on any atom is 0.270 e. The molecule has 1 aliphatic carbocycles. The SMILES string of the molecule is O=C(N[C@@H]1CCc2[nH]ncc2C1)c1ccc2cccc(F)c2n1. The Labute approximate surface area is 131 Å². The minimum Gasteiger partial charge on any atom is -0.348 e. The van der Waals surface area contributed by atoms with Gasteiger partial charge in [0, 0.05) is 17.1 Å². The van der Waals surface area contributed by atoms with Crippen LogP contribution in [0.3, 0.4) is 0 Å². The molecule has 0 unspecified atom stereocenters. The van der Waals surface area contributed by atoms with Crippen LogP contribution < -0.4 is 5.32 Å². The van der Waals surface area contributed by atoms with Crippen LogP contribution in [0, 0.1) is 5.82 Å². The second-order valence-electron chi connectivity index (χ2n) is 5.80. The van der Waals surface area contributed by atoms with Crippen LogP contribution in [-0.4, -0.2) is 27.1 Å². The smallest absolute Gasteiger partial charge is 0.270 e. The van der Waals surface area contributed by atoms with Crippen molar-refractivity contribution in [3.8, 4) is 0 Å². The number of carbonyl (C=O) groups excluding carboxylic acids is 1. The van der Waals surface area contributed by atoms with Crippen molar-refractivity contribution in [3.63, 3.8) is 0 Å². The van der Waals surface area contributed by atoms with E-state index in [4.69, 9.17) is 0 Å². The molecule has 2 aromatic heterocycles. The highest BCUT2D eigenvalue weighted by Gasteiger charge is 2.22. The summed E-state index contributed by atoms with van der Waals surface area (Å²) in [4.78, 5) is 16.6. The maximum atomic E-state index is 13.8. The number of hydrogen-bond acceptors (Lipinski definition) is 3. The fraction of sp³-hybridized carbons (Fsp3) is 0.235. The number of benzene rings is 1. The average molecular weight is 310 g/mol. The number of aromatic nitrogens is 3. The first kappa shape index (κ1) is 13.9. The van der Waals surface area contributed by atoms with Crippen LogP contribution in [0.15, 0.2) is 36.5 Å². The van der Waals surface area contributed by atoms with Gasteiger partial charge in [-0.2, -0.15) is 5.10 Å². The molecule has 1 aromatic carbocycles. The number of nitrogens with one attached hydrogen (secondary N) is 2. The minimum absolute atomic E-state index is 0.0470. The molecule has 23 heavy (non-hydrogen) atoms. The van der Waals surface area contributed by atoms with Crippen LogP contribution in [0.1, 0.15) is 28.2 Å². The lowest BCUT2D eigenvalue weighted by Crippen LogP contribution is -2.39. The summed E-state index contributed by atoms with van der Waals surface area (Å²) in [6, 6.07) is 8.14. The molecule has 1 atom stereocenters. The number of rotatable bonds is 2. The van der Waals surface area contributed by atoms with Crippen molar-refractivity contribution in [2.24, 2.45) is 0 Å². The summed E-state index contributed by atoms with van der Waals surface area (Å²) in [6.07, 6.45) is 4.26. The molecule has 6 heteroatoms. The monoisotopic (exact) mass is 310 g/mol. The third-order valence-corrected chi connectivity index (χ3v) is 4.26. The van der Waals surface area contributed by atoms with E-state index >= 15 is 0 Å². The van der Waals surface area contributed by atoms with Gasteiger partial charge in [-0.15, -0.1) is 0 Å².